The quantitative estimate of drug-likeness (QED) is 0.340. The third kappa shape index (κ3) is 3.75. The zero-order chi connectivity index (χ0) is 28.6. The Bertz CT molecular complexity index is 2060. The second-order valence-electron chi connectivity index (χ2n) is 10.7. The Labute approximate surface area is 232 Å². The summed E-state index contributed by atoms with van der Waals surface area (Å²) in [6.07, 6.45) is 6.57. The Morgan fingerprint density at radius 3 is 2.76 bits per heavy atom. The van der Waals surface area contributed by atoms with Gasteiger partial charge in [0.1, 0.15) is 5.65 Å². The summed E-state index contributed by atoms with van der Waals surface area (Å²) in [6.45, 7) is 0. The molecule has 210 valence electrons. The lowest BCUT2D eigenvalue weighted by Gasteiger charge is -2.15. The molecule has 5 aromatic heterocycles. The minimum absolute atomic E-state index is 0.120. The average molecular weight is 558 g/mol. The number of amides is 1. The number of fused-ring (bicyclic) bond motifs is 4. The maximum absolute atomic E-state index is 15.2. The van der Waals surface area contributed by atoms with Gasteiger partial charge in [0.15, 0.2) is 0 Å². The van der Waals surface area contributed by atoms with Crippen LogP contribution in [0.1, 0.15) is 25.3 Å². The lowest BCUT2D eigenvalue weighted by atomic mass is 9.98. The van der Waals surface area contributed by atoms with Crippen LogP contribution in [0.4, 0.5) is 9.18 Å². The van der Waals surface area contributed by atoms with Gasteiger partial charge < -0.3 is 15.0 Å². The van der Waals surface area contributed by atoms with E-state index in [1.54, 1.807) is 41.9 Å². The Morgan fingerprint density at radius 2 is 2.00 bits per heavy atom. The maximum atomic E-state index is 15.2. The number of nitrogens with one attached hydrogen (secondary N) is 2. The summed E-state index contributed by atoms with van der Waals surface area (Å²) in [5.41, 5.74) is 5.04. The number of imidazole rings is 1. The molecule has 13 heteroatoms. The Balaban J connectivity index is 1.53. The lowest BCUT2D eigenvalue weighted by molar-refractivity contribution is 0.166. The molecule has 2 atom stereocenters. The zero-order valence-electron chi connectivity index (χ0n) is 23.0. The molecule has 0 saturated heterocycles. The number of aryl methyl sites for hydroxylation is 3. The van der Waals surface area contributed by atoms with Crippen LogP contribution in [0.2, 0.25) is 0 Å². The van der Waals surface area contributed by atoms with Gasteiger partial charge in [-0.05, 0) is 37.0 Å². The second-order valence-corrected chi connectivity index (χ2v) is 10.7. The summed E-state index contributed by atoms with van der Waals surface area (Å²) < 4.78 is 26.6. The molecule has 0 radical (unpaired) electrons. The fourth-order valence-corrected chi connectivity index (χ4v) is 6.31. The summed E-state index contributed by atoms with van der Waals surface area (Å²) in [5, 5.41) is 12.8. The molecule has 41 heavy (non-hydrogen) atoms. The molecule has 0 unspecified atom stereocenters. The number of rotatable bonds is 4. The Morgan fingerprint density at radius 1 is 1.17 bits per heavy atom. The second kappa shape index (κ2) is 9.04. The fraction of sp³-hybridized carbons (Fsp3) is 0.321. The van der Waals surface area contributed by atoms with E-state index in [9.17, 15) is 9.59 Å². The molecule has 2 N–H and O–H groups in total. The number of nitrogens with zero attached hydrogens (tertiary/aromatic N) is 7. The molecule has 7 rings (SSSR count). The molecule has 0 aliphatic heterocycles. The number of alkyl carbamates (subject to hydrolysis) is 1. The van der Waals surface area contributed by atoms with Crippen molar-refractivity contribution in [1.29, 1.82) is 0 Å². The largest absolute Gasteiger partial charge is 0.453 e. The molecule has 5 heterocycles. The first-order valence-corrected chi connectivity index (χ1v) is 13.3. The van der Waals surface area contributed by atoms with Crippen LogP contribution in [0.3, 0.4) is 0 Å². The number of benzene rings is 1. The van der Waals surface area contributed by atoms with Gasteiger partial charge in [0.25, 0.3) is 0 Å². The topological polar surface area (TPSA) is 130 Å². The summed E-state index contributed by atoms with van der Waals surface area (Å²) in [4.78, 5) is 33.7. The molecule has 1 fully saturated rings. The van der Waals surface area contributed by atoms with E-state index in [4.69, 9.17) is 4.74 Å². The number of H-pyrrole nitrogens is 1. The van der Waals surface area contributed by atoms with Gasteiger partial charge in [0, 0.05) is 50.4 Å². The summed E-state index contributed by atoms with van der Waals surface area (Å²) >= 11 is 0. The maximum Gasteiger partial charge on any atom is 0.407 e. The number of aromatic amines is 1. The first-order valence-electron chi connectivity index (χ1n) is 13.3. The van der Waals surface area contributed by atoms with Crippen LogP contribution in [0.15, 0.2) is 41.6 Å². The molecule has 1 aliphatic rings. The number of carbonyl (C=O) groups excluding carboxylic acids is 1. The number of pyridine rings is 1. The Kier molecular flexibility index (Phi) is 5.53. The molecule has 0 bridgehead atoms. The summed E-state index contributed by atoms with van der Waals surface area (Å²) in [5.74, 6) is -0.614. The highest BCUT2D eigenvalue weighted by Crippen LogP contribution is 2.43. The smallest absolute Gasteiger partial charge is 0.407 e. The van der Waals surface area contributed by atoms with E-state index >= 15 is 4.39 Å². The van der Waals surface area contributed by atoms with Crippen molar-refractivity contribution in [3.63, 3.8) is 0 Å². The van der Waals surface area contributed by atoms with Crippen molar-refractivity contribution in [3.8, 4) is 22.4 Å². The van der Waals surface area contributed by atoms with Gasteiger partial charge in [-0.25, -0.2) is 14.6 Å². The fourth-order valence-electron chi connectivity index (χ4n) is 6.31. The van der Waals surface area contributed by atoms with Crippen molar-refractivity contribution in [1.82, 2.24) is 44.0 Å². The highest BCUT2D eigenvalue weighted by Gasteiger charge is 2.32. The third-order valence-electron chi connectivity index (χ3n) is 8.24. The van der Waals surface area contributed by atoms with E-state index in [0.29, 0.717) is 52.6 Å². The van der Waals surface area contributed by atoms with Gasteiger partial charge in [0.2, 0.25) is 5.95 Å². The van der Waals surface area contributed by atoms with Crippen LogP contribution < -0.4 is 11.0 Å². The zero-order valence-corrected chi connectivity index (χ0v) is 23.0. The summed E-state index contributed by atoms with van der Waals surface area (Å²) in [6, 6.07) is 5.68. The average Bonchev–Trinajstić information content (AvgIpc) is 3.76. The van der Waals surface area contributed by atoms with Gasteiger partial charge in [-0.1, -0.05) is 6.07 Å². The van der Waals surface area contributed by atoms with Crippen molar-refractivity contribution >= 4 is 39.1 Å². The van der Waals surface area contributed by atoms with Crippen molar-refractivity contribution in [2.45, 2.75) is 31.3 Å². The van der Waals surface area contributed by atoms with Gasteiger partial charge in [-0.2, -0.15) is 9.49 Å². The molecular formula is C28H28FN9O3. The van der Waals surface area contributed by atoms with Crippen LogP contribution in [-0.4, -0.2) is 57.9 Å². The molecule has 6 aromatic rings. The van der Waals surface area contributed by atoms with Crippen LogP contribution >= 0.6 is 0 Å². The first kappa shape index (κ1) is 25.1. The molecule has 0 spiro atoms. The highest BCUT2D eigenvalue weighted by molar-refractivity contribution is 6.14. The SMILES string of the molecule is COC(=O)N[C@@H]1CC[C@@H](n2c(=O)n(C)c3cnc4[nH]c(-c5cn(C)nc5F)c(-c5ccc6c(cnn6C)c5)c4c32)C1. The predicted octanol–water partition coefficient (Wildman–Crippen LogP) is 3.76. The minimum Gasteiger partial charge on any atom is -0.453 e. The monoisotopic (exact) mass is 557 g/mol. The van der Waals surface area contributed by atoms with E-state index in [2.05, 4.69) is 25.5 Å². The standard InChI is InChI=1S/C28H28FN9O3/c1-35-13-18(25(29)34-35)23-21(14-5-8-19-15(9-14)11-31-37(19)3)22-24-20(12-30-26(22)33-23)36(2)28(40)38(24)17-7-6-16(10-17)32-27(39)41-4/h5,8-9,11-13,16-17H,6-7,10H2,1-4H3,(H,30,33)(H,32,39)/t16-,17-/m1/s1. The van der Waals surface area contributed by atoms with Gasteiger partial charge >= 0.3 is 11.8 Å². The van der Waals surface area contributed by atoms with Gasteiger partial charge in [-0.15, -0.1) is 5.10 Å². The Hall–Kier alpha value is -4.94. The molecule has 1 aliphatic carbocycles. The molecule has 12 nitrogen and oxygen atoms in total. The van der Waals surface area contributed by atoms with Crippen LogP contribution in [0, 0.1) is 5.95 Å². The first-order chi connectivity index (χ1) is 19.7. The third-order valence-corrected chi connectivity index (χ3v) is 8.24. The number of ether oxygens (including phenoxy) is 1. The van der Waals surface area contributed by atoms with E-state index in [-0.39, 0.29) is 17.8 Å². The van der Waals surface area contributed by atoms with Crippen molar-refractivity contribution in [2.24, 2.45) is 21.1 Å². The molecule has 1 aromatic carbocycles. The number of hydrogen-bond donors (Lipinski definition) is 2. The molecule has 1 amide bonds. The number of methoxy groups -OCH3 is 1. The van der Waals surface area contributed by atoms with E-state index in [1.165, 1.54) is 11.8 Å². The van der Waals surface area contributed by atoms with E-state index < -0.39 is 12.0 Å². The highest BCUT2D eigenvalue weighted by atomic mass is 19.1. The van der Waals surface area contributed by atoms with Crippen molar-refractivity contribution in [2.75, 3.05) is 7.11 Å². The van der Waals surface area contributed by atoms with E-state index in [1.807, 2.05) is 29.8 Å². The lowest BCUT2D eigenvalue weighted by Crippen LogP contribution is -2.33. The van der Waals surface area contributed by atoms with Gasteiger partial charge in [0.05, 0.1) is 52.7 Å². The minimum atomic E-state index is -0.614. The van der Waals surface area contributed by atoms with Crippen molar-refractivity contribution in [3.05, 3.63) is 53.2 Å². The molecule has 1 saturated carbocycles. The predicted molar refractivity (Wildman–Crippen MR) is 151 cm³/mol. The molecular weight excluding hydrogens is 529 g/mol. The number of halogens is 1. The number of aromatic nitrogens is 8. The van der Waals surface area contributed by atoms with Crippen LogP contribution in [0.5, 0.6) is 0 Å². The van der Waals surface area contributed by atoms with Crippen LogP contribution in [0.25, 0.3) is 55.4 Å². The summed E-state index contributed by atoms with van der Waals surface area (Å²) in [7, 11) is 6.61. The number of carbonyl (C=O) groups is 1. The van der Waals surface area contributed by atoms with Crippen LogP contribution in [-0.2, 0) is 25.9 Å². The van der Waals surface area contributed by atoms with Crippen molar-refractivity contribution < 1.29 is 13.9 Å². The normalized spacial score (nSPS) is 17.3. The van der Waals surface area contributed by atoms with Gasteiger partial charge in [-0.3, -0.25) is 18.5 Å². The number of hydrogen-bond acceptors (Lipinski definition) is 6. The van der Waals surface area contributed by atoms with E-state index in [0.717, 1.165) is 22.0 Å².